The van der Waals surface area contributed by atoms with Crippen molar-refractivity contribution >= 4 is 75.7 Å². The summed E-state index contributed by atoms with van der Waals surface area (Å²) < 4.78 is 10.1. The quantitative estimate of drug-likeness (QED) is 0.136. The lowest BCUT2D eigenvalue weighted by Gasteiger charge is -2.06. The van der Waals surface area contributed by atoms with Crippen LogP contribution in [-0.2, 0) is 23.9 Å². The van der Waals surface area contributed by atoms with Crippen LogP contribution in [0.4, 0.5) is 5.82 Å². The Balaban J connectivity index is 0.000000309. The van der Waals surface area contributed by atoms with Crippen LogP contribution in [0.2, 0.25) is 20.1 Å². The summed E-state index contributed by atoms with van der Waals surface area (Å²) in [7, 11) is 2.40. The Kier molecular flexibility index (Phi) is 13.7. The monoisotopic (exact) mass is 606 g/mol. The fourth-order valence-electron chi connectivity index (χ4n) is 2.41. The Morgan fingerprint density at radius 2 is 1.53 bits per heavy atom. The number of ketones is 2. The highest BCUT2D eigenvalue weighted by atomic mass is 35.5. The van der Waals surface area contributed by atoms with Gasteiger partial charge >= 0.3 is 11.9 Å². The third-order valence-electron chi connectivity index (χ3n) is 3.98. The average Bonchev–Trinajstić information content (AvgIpc) is 3.24. The summed E-state index contributed by atoms with van der Waals surface area (Å²) in [5.74, 6) is 3.20. The predicted octanol–water partition coefficient (Wildman–Crippen LogP) is 4.05. The highest BCUT2D eigenvalue weighted by Crippen LogP contribution is 2.23. The van der Waals surface area contributed by atoms with E-state index in [9.17, 15) is 19.2 Å². The number of rotatable bonds is 6. The van der Waals surface area contributed by atoms with E-state index in [1.807, 2.05) is 0 Å². The molecule has 0 aromatic carbocycles. The summed E-state index contributed by atoms with van der Waals surface area (Å²) in [4.78, 5) is 50.5. The molecule has 0 saturated heterocycles. The van der Waals surface area contributed by atoms with E-state index in [2.05, 4.69) is 30.0 Å². The van der Waals surface area contributed by atoms with Crippen LogP contribution in [0.25, 0.3) is 5.82 Å². The van der Waals surface area contributed by atoms with Gasteiger partial charge in [0.2, 0.25) is 5.78 Å². The topological polar surface area (TPSA) is 168 Å². The number of hydrazine groups is 1. The van der Waals surface area contributed by atoms with Crippen molar-refractivity contribution < 1.29 is 28.7 Å². The largest absolute Gasteiger partial charge is 0.464 e. The average molecular weight is 608 g/mol. The molecule has 0 radical (unpaired) electrons. The van der Waals surface area contributed by atoms with Crippen molar-refractivity contribution in [2.75, 3.05) is 19.6 Å². The fraction of sp³-hybridized carbons (Fsp3) is 0.227. The molecule has 38 heavy (non-hydrogen) atoms. The van der Waals surface area contributed by atoms with E-state index >= 15 is 0 Å². The molecular formula is C22H22Cl4N6O6. The number of methoxy groups -OCH3 is 2. The molecule has 0 spiro atoms. The maximum Gasteiger partial charge on any atom is 0.374 e. The van der Waals surface area contributed by atoms with Gasteiger partial charge in [0.25, 0.3) is 0 Å². The van der Waals surface area contributed by atoms with Crippen molar-refractivity contribution in [2.45, 2.75) is 20.3 Å². The molecule has 3 N–H and O–H groups in total. The maximum atomic E-state index is 11.6. The first-order valence-corrected chi connectivity index (χ1v) is 11.7. The number of Topliss-reactive ketones (excluding diaryl/α,β-unsaturated/α-hetero) is 2. The predicted molar refractivity (Wildman–Crippen MR) is 142 cm³/mol. The molecule has 3 heterocycles. The Morgan fingerprint density at radius 1 is 0.947 bits per heavy atom. The smallest absolute Gasteiger partial charge is 0.374 e. The summed E-state index contributed by atoms with van der Waals surface area (Å²) in [6.45, 7) is 2.99. The van der Waals surface area contributed by atoms with Crippen LogP contribution in [0.1, 0.15) is 29.5 Å². The number of halogens is 4. The number of pyridine rings is 2. The molecule has 0 bridgehead atoms. The molecule has 0 amide bonds. The number of carbonyl (C=O) groups excluding carboxylic acids is 4. The molecule has 3 rings (SSSR count). The summed E-state index contributed by atoms with van der Waals surface area (Å²) >= 11 is 23.0. The zero-order chi connectivity index (χ0) is 29.0. The number of anilines is 1. The fourth-order valence-corrected chi connectivity index (χ4v) is 3.30. The minimum absolute atomic E-state index is 0.256. The lowest BCUT2D eigenvalue weighted by atomic mass is 10.2. The number of nitrogens with two attached hydrogens (primary N) is 1. The highest BCUT2D eigenvalue weighted by Gasteiger charge is 2.18. The minimum atomic E-state index is -0.963. The van der Waals surface area contributed by atoms with Crippen molar-refractivity contribution in [2.24, 2.45) is 5.84 Å². The lowest BCUT2D eigenvalue weighted by molar-refractivity contribution is -0.152. The van der Waals surface area contributed by atoms with E-state index in [0.717, 1.165) is 7.11 Å². The molecule has 0 aliphatic rings. The van der Waals surface area contributed by atoms with Gasteiger partial charge < -0.3 is 14.9 Å². The lowest BCUT2D eigenvalue weighted by Crippen LogP contribution is -2.17. The zero-order valence-corrected chi connectivity index (χ0v) is 23.4. The van der Waals surface area contributed by atoms with E-state index < -0.39 is 17.7 Å². The third kappa shape index (κ3) is 10.2. The number of esters is 2. The molecule has 0 aliphatic carbocycles. The molecule has 0 fully saturated rings. The first-order valence-electron chi connectivity index (χ1n) is 10.2. The molecule has 16 heteroatoms. The van der Waals surface area contributed by atoms with Gasteiger partial charge in [-0.15, -0.1) is 0 Å². The van der Waals surface area contributed by atoms with Crippen LogP contribution in [-0.4, -0.2) is 57.5 Å². The van der Waals surface area contributed by atoms with Crippen LogP contribution in [0.3, 0.4) is 0 Å². The molecule has 204 valence electrons. The van der Waals surface area contributed by atoms with Crippen molar-refractivity contribution in [3.05, 3.63) is 62.1 Å². The number of hydrogen-bond donors (Lipinski definition) is 2. The Labute approximate surface area is 237 Å². The number of nitrogens with one attached hydrogen (secondary N) is 1. The van der Waals surface area contributed by atoms with Crippen molar-refractivity contribution in [3.63, 3.8) is 0 Å². The van der Waals surface area contributed by atoms with Gasteiger partial charge in [0, 0.05) is 12.4 Å². The molecule has 0 aliphatic heterocycles. The van der Waals surface area contributed by atoms with Gasteiger partial charge in [0.15, 0.2) is 17.3 Å². The first-order chi connectivity index (χ1) is 17.8. The minimum Gasteiger partial charge on any atom is -0.464 e. The highest BCUT2D eigenvalue weighted by molar-refractivity contribution is 6.37. The number of carbonyl (C=O) groups is 4. The molecule has 0 unspecified atom stereocenters. The number of aromatic nitrogens is 4. The van der Waals surface area contributed by atoms with Gasteiger partial charge in [0.1, 0.15) is 5.78 Å². The third-order valence-corrected chi connectivity index (χ3v) is 4.96. The summed E-state index contributed by atoms with van der Waals surface area (Å²) in [5.41, 5.74) is 3.23. The number of hydrogen-bond acceptors (Lipinski definition) is 11. The van der Waals surface area contributed by atoms with Gasteiger partial charge in [-0.05, 0) is 32.0 Å². The summed E-state index contributed by atoms with van der Waals surface area (Å²) in [5, 5.41) is 5.78. The Morgan fingerprint density at radius 3 is 2.00 bits per heavy atom. The molecule has 0 saturated carbocycles. The van der Waals surface area contributed by atoms with Crippen LogP contribution in [0.15, 0.2) is 30.6 Å². The molecule has 12 nitrogen and oxygen atoms in total. The van der Waals surface area contributed by atoms with Crippen molar-refractivity contribution in [1.29, 1.82) is 0 Å². The zero-order valence-electron chi connectivity index (χ0n) is 20.4. The van der Waals surface area contributed by atoms with Gasteiger partial charge in [0.05, 0.1) is 46.4 Å². The van der Waals surface area contributed by atoms with E-state index in [4.69, 9.17) is 52.2 Å². The summed E-state index contributed by atoms with van der Waals surface area (Å²) in [6, 6.07) is 4.69. The maximum absolute atomic E-state index is 11.6. The van der Waals surface area contributed by atoms with Gasteiger partial charge in [-0.2, -0.15) is 5.10 Å². The molecule has 3 aromatic rings. The van der Waals surface area contributed by atoms with Gasteiger partial charge in [-0.1, -0.05) is 46.4 Å². The van der Waals surface area contributed by atoms with E-state index in [0.29, 0.717) is 37.4 Å². The molecule has 3 aromatic heterocycles. The van der Waals surface area contributed by atoms with Crippen LogP contribution in [0.5, 0.6) is 0 Å². The van der Waals surface area contributed by atoms with Crippen molar-refractivity contribution in [1.82, 2.24) is 19.7 Å². The molecule has 0 atom stereocenters. The van der Waals surface area contributed by atoms with Crippen molar-refractivity contribution in [3.8, 4) is 5.82 Å². The van der Waals surface area contributed by atoms with Crippen LogP contribution >= 0.6 is 46.4 Å². The van der Waals surface area contributed by atoms with E-state index in [-0.39, 0.29) is 17.9 Å². The van der Waals surface area contributed by atoms with Crippen LogP contribution in [0, 0.1) is 6.92 Å². The Bertz CT molecular complexity index is 1320. The second-order valence-electron chi connectivity index (χ2n) is 6.96. The van der Waals surface area contributed by atoms with E-state index in [1.54, 1.807) is 19.1 Å². The van der Waals surface area contributed by atoms with E-state index in [1.165, 1.54) is 37.2 Å². The first kappa shape index (κ1) is 32.7. The van der Waals surface area contributed by atoms with Gasteiger partial charge in [-0.3, -0.25) is 9.59 Å². The summed E-state index contributed by atoms with van der Waals surface area (Å²) in [6.07, 6.45) is 2.52. The van der Waals surface area contributed by atoms with Gasteiger partial charge in [-0.25, -0.2) is 30.1 Å². The van der Waals surface area contributed by atoms with Crippen LogP contribution < -0.4 is 11.3 Å². The number of ether oxygens (including phenoxy) is 2. The number of aryl methyl sites for hydroxylation is 1. The normalized spacial score (nSPS) is 9.71. The SMILES string of the molecule is COC(=O)C(=O)CC(C)=O.COC(=O)c1cc(C)nn1-c1ncc(Cl)cc1Cl.NNc1ncc(Cl)cc1Cl. The second kappa shape index (κ2) is 15.8. The Hall–Kier alpha value is -3.29. The standard InChI is InChI=1S/C11H9Cl2N3O2.C6H8O4.C5H5Cl2N3/c1-6-3-9(11(17)18-2)16(15-6)10-8(13)4-7(12)5-14-10;1-4(7)3-5(8)6(9)10-2;6-3-1-4(7)5(10-8)9-2-3/h3-5H,1-2H3;3H2,1-2H3;1-2H,8H2,(H,9,10). The number of nitrogen functional groups attached to an aromatic ring is 1. The molecular weight excluding hydrogens is 586 g/mol. The second-order valence-corrected chi connectivity index (χ2v) is 8.64. The number of nitrogens with zero attached hydrogens (tertiary/aromatic N) is 4.